The van der Waals surface area contributed by atoms with Crippen molar-refractivity contribution in [1.29, 1.82) is 0 Å². The largest absolute Gasteiger partial charge is 0.477 e. The van der Waals surface area contributed by atoms with Crippen LogP contribution >= 0.6 is 23.8 Å². The van der Waals surface area contributed by atoms with Crippen LogP contribution < -0.4 is 0 Å². The molecule has 0 fully saturated rings. The van der Waals surface area contributed by atoms with Crippen molar-refractivity contribution >= 4 is 29.7 Å². The quantitative estimate of drug-likeness (QED) is 0.614. The third-order valence-electron chi connectivity index (χ3n) is 0.754. The maximum atomic E-state index is 10.1. The molecule has 2 N–H and O–H groups in total. The van der Waals surface area contributed by atoms with Crippen molar-refractivity contribution in [3.8, 4) is 0 Å². The summed E-state index contributed by atoms with van der Waals surface area (Å²) in [6.45, 7) is 0. The molecular weight excluding hydrogens is 158 g/mol. The molecule has 0 saturated heterocycles. The predicted molar refractivity (Wildman–Crippen MR) is 36.5 cm³/mol. The molecule has 1 aromatic heterocycles. The Morgan fingerprint density at radius 2 is 2.56 bits per heavy atom. The molecular formula is C4H3NO2S2. The molecule has 0 aliphatic carbocycles. The minimum absolute atomic E-state index is 0.157. The molecule has 0 aliphatic rings. The normalized spacial score (nSPS) is 9.33. The number of aromatic amines is 1. The lowest BCUT2D eigenvalue weighted by Crippen LogP contribution is -1.94. The molecule has 0 aromatic carbocycles. The molecule has 1 aromatic rings. The van der Waals surface area contributed by atoms with E-state index in [1.54, 1.807) is 0 Å². The van der Waals surface area contributed by atoms with Crippen LogP contribution in [0.1, 0.15) is 10.5 Å². The van der Waals surface area contributed by atoms with Crippen molar-refractivity contribution in [2.24, 2.45) is 0 Å². The van der Waals surface area contributed by atoms with E-state index >= 15 is 0 Å². The second-order valence-corrected chi connectivity index (χ2v) is 2.93. The van der Waals surface area contributed by atoms with Crippen LogP contribution in [-0.2, 0) is 0 Å². The average Bonchev–Trinajstić information content (AvgIpc) is 2.14. The first kappa shape index (κ1) is 6.44. The molecule has 0 bridgehead atoms. The number of carboxylic acids is 1. The van der Waals surface area contributed by atoms with Crippen LogP contribution in [0.5, 0.6) is 0 Å². The summed E-state index contributed by atoms with van der Waals surface area (Å²) in [4.78, 5) is 10.1. The Bertz CT molecular complexity index is 274. The monoisotopic (exact) mass is 161 g/mol. The number of aromatic nitrogens is 1. The van der Waals surface area contributed by atoms with E-state index in [1.165, 1.54) is 6.07 Å². The van der Waals surface area contributed by atoms with Crippen molar-refractivity contribution in [2.45, 2.75) is 0 Å². The van der Waals surface area contributed by atoms with Gasteiger partial charge in [0.25, 0.3) is 0 Å². The van der Waals surface area contributed by atoms with E-state index < -0.39 is 5.97 Å². The Morgan fingerprint density at radius 3 is 2.78 bits per heavy atom. The van der Waals surface area contributed by atoms with E-state index in [1.807, 2.05) is 0 Å². The topological polar surface area (TPSA) is 53.1 Å². The molecule has 0 saturated carbocycles. The van der Waals surface area contributed by atoms with Crippen molar-refractivity contribution in [2.75, 3.05) is 0 Å². The van der Waals surface area contributed by atoms with Gasteiger partial charge < -0.3 is 9.48 Å². The first-order valence-corrected chi connectivity index (χ1v) is 3.34. The fraction of sp³-hybridized carbons (Fsp3) is 0. The number of H-pyrrole nitrogens is 1. The van der Waals surface area contributed by atoms with Crippen molar-refractivity contribution in [3.63, 3.8) is 0 Å². The van der Waals surface area contributed by atoms with Gasteiger partial charge in [-0.05, 0) is 17.6 Å². The van der Waals surface area contributed by atoms with E-state index in [-0.39, 0.29) is 5.69 Å². The summed E-state index contributed by atoms with van der Waals surface area (Å²) in [6.07, 6.45) is 0. The van der Waals surface area contributed by atoms with Crippen molar-refractivity contribution in [1.82, 2.24) is 4.37 Å². The van der Waals surface area contributed by atoms with Crippen LogP contribution in [-0.4, -0.2) is 15.4 Å². The molecule has 0 unspecified atom stereocenters. The average molecular weight is 161 g/mol. The van der Waals surface area contributed by atoms with E-state index in [2.05, 4.69) is 16.6 Å². The molecule has 48 valence electrons. The summed E-state index contributed by atoms with van der Waals surface area (Å²) >= 11 is 5.82. The van der Waals surface area contributed by atoms with Crippen LogP contribution in [0.2, 0.25) is 0 Å². The van der Waals surface area contributed by atoms with Crippen LogP contribution in [0, 0.1) is 3.82 Å². The van der Waals surface area contributed by atoms with Gasteiger partial charge in [-0.25, -0.2) is 4.79 Å². The number of carboxylic acid groups (broad SMARTS) is 1. The number of hydrogen-bond donors (Lipinski definition) is 2. The standard InChI is InChI=1S/C4H3NO2S2/c6-4(7)2-1-3(8)9-5-2/h1,5H,(H,6,7). The van der Waals surface area contributed by atoms with Crippen molar-refractivity contribution in [3.05, 3.63) is 15.6 Å². The fourth-order valence-electron chi connectivity index (χ4n) is 0.387. The zero-order chi connectivity index (χ0) is 6.85. The summed E-state index contributed by atoms with van der Waals surface area (Å²) in [5.74, 6) is -0.970. The number of rotatable bonds is 1. The summed E-state index contributed by atoms with van der Waals surface area (Å²) in [7, 11) is 0. The highest BCUT2D eigenvalue weighted by Crippen LogP contribution is 2.02. The third-order valence-corrected chi connectivity index (χ3v) is 1.76. The number of hydrogen-bond acceptors (Lipinski definition) is 3. The zero-order valence-corrected chi connectivity index (χ0v) is 5.88. The molecule has 1 rings (SSSR count). The number of carbonyl (C=O) groups is 1. The van der Waals surface area contributed by atoms with Crippen LogP contribution in [0.25, 0.3) is 0 Å². The first-order chi connectivity index (χ1) is 4.20. The van der Waals surface area contributed by atoms with Gasteiger partial charge in [0, 0.05) is 0 Å². The van der Waals surface area contributed by atoms with Crippen LogP contribution in [0.15, 0.2) is 6.07 Å². The third kappa shape index (κ3) is 1.36. The molecule has 9 heavy (non-hydrogen) atoms. The van der Waals surface area contributed by atoms with Crippen molar-refractivity contribution < 1.29 is 9.90 Å². The molecule has 3 nitrogen and oxygen atoms in total. The number of aromatic carboxylic acids is 1. The molecule has 0 spiro atoms. The lowest BCUT2D eigenvalue weighted by Gasteiger charge is -1.79. The van der Waals surface area contributed by atoms with Gasteiger partial charge in [-0.3, -0.25) is 0 Å². The van der Waals surface area contributed by atoms with Gasteiger partial charge in [-0.2, -0.15) is 0 Å². The van der Waals surface area contributed by atoms with Gasteiger partial charge in [0.2, 0.25) is 0 Å². The Balaban J connectivity index is 3.12. The fourth-order valence-corrected chi connectivity index (χ4v) is 1.16. The summed E-state index contributed by atoms with van der Waals surface area (Å²) in [6, 6.07) is 1.42. The van der Waals surface area contributed by atoms with E-state index in [4.69, 9.17) is 5.11 Å². The van der Waals surface area contributed by atoms with Crippen LogP contribution in [0.3, 0.4) is 0 Å². The molecule has 5 heteroatoms. The van der Waals surface area contributed by atoms with Gasteiger partial charge in [0.1, 0.15) is 9.52 Å². The zero-order valence-electron chi connectivity index (χ0n) is 4.25. The van der Waals surface area contributed by atoms with Gasteiger partial charge in [-0.1, -0.05) is 12.2 Å². The smallest absolute Gasteiger partial charge is 0.353 e. The highest BCUT2D eigenvalue weighted by molar-refractivity contribution is 7.73. The van der Waals surface area contributed by atoms with Gasteiger partial charge in [-0.15, -0.1) is 0 Å². The molecule has 0 amide bonds. The number of nitrogens with one attached hydrogen (secondary N) is 1. The van der Waals surface area contributed by atoms with E-state index in [0.717, 1.165) is 11.5 Å². The summed E-state index contributed by atoms with van der Waals surface area (Å²) < 4.78 is 3.11. The van der Waals surface area contributed by atoms with Crippen LogP contribution in [0.4, 0.5) is 0 Å². The van der Waals surface area contributed by atoms with E-state index in [0.29, 0.717) is 3.82 Å². The lowest BCUT2D eigenvalue weighted by molar-refractivity contribution is 0.0692. The second-order valence-electron chi connectivity index (χ2n) is 1.39. The second kappa shape index (κ2) is 2.28. The van der Waals surface area contributed by atoms with Gasteiger partial charge >= 0.3 is 5.97 Å². The maximum Gasteiger partial charge on any atom is 0.353 e. The van der Waals surface area contributed by atoms with E-state index in [9.17, 15) is 4.79 Å². The SMILES string of the molecule is O=C(O)c1cc(=S)s[nH]1. The highest BCUT2D eigenvalue weighted by atomic mass is 32.2. The summed E-state index contributed by atoms with van der Waals surface area (Å²) in [5, 5.41) is 8.33. The minimum atomic E-state index is -0.970. The van der Waals surface area contributed by atoms with Gasteiger partial charge in [0.05, 0.1) is 0 Å². The molecule has 0 aliphatic heterocycles. The predicted octanol–water partition coefficient (Wildman–Crippen LogP) is 1.50. The molecule has 1 heterocycles. The Labute approximate surface area is 60.1 Å². The lowest BCUT2D eigenvalue weighted by atomic mass is 10.5. The Kier molecular flexibility index (Phi) is 1.63. The molecule has 0 radical (unpaired) electrons. The Hall–Kier alpha value is -0.680. The minimum Gasteiger partial charge on any atom is -0.477 e. The maximum absolute atomic E-state index is 10.1. The Morgan fingerprint density at radius 1 is 1.89 bits per heavy atom. The van der Waals surface area contributed by atoms with Gasteiger partial charge in [0.15, 0.2) is 0 Å². The first-order valence-electron chi connectivity index (χ1n) is 2.12. The summed E-state index contributed by atoms with van der Waals surface area (Å²) in [5.41, 5.74) is 0.157. The molecule has 0 atom stereocenters. The highest BCUT2D eigenvalue weighted by Gasteiger charge is 2.01.